The molecule has 0 bridgehead atoms. The SMILES string of the molecule is Cl.O=C(c1cc(Cl)ccc1Cl)N(CCCN1CCOCC1)c1nc2c(F)cccc2s1. The van der Waals surface area contributed by atoms with Gasteiger partial charge in [0.25, 0.3) is 5.91 Å². The van der Waals surface area contributed by atoms with Gasteiger partial charge in [-0.05, 0) is 36.8 Å². The zero-order valence-electron chi connectivity index (χ0n) is 16.5. The maximum atomic E-state index is 14.2. The van der Waals surface area contributed by atoms with Crippen LogP contribution in [-0.4, -0.2) is 55.2 Å². The minimum Gasteiger partial charge on any atom is -0.379 e. The number of carbonyl (C=O) groups excluding carboxylic acids is 1. The van der Waals surface area contributed by atoms with E-state index in [1.165, 1.54) is 17.4 Å². The summed E-state index contributed by atoms with van der Waals surface area (Å²) < 4.78 is 20.3. The number of hydrogen-bond acceptors (Lipinski definition) is 5. The van der Waals surface area contributed by atoms with Crippen LogP contribution in [0, 0.1) is 5.82 Å². The van der Waals surface area contributed by atoms with E-state index < -0.39 is 5.82 Å². The molecule has 2 heterocycles. The van der Waals surface area contributed by atoms with Crippen molar-refractivity contribution >= 4 is 68.2 Å². The summed E-state index contributed by atoms with van der Waals surface area (Å²) in [5, 5.41) is 1.18. The van der Waals surface area contributed by atoms with Gasteiger partial charge in [-0.25, -0.2) is 9.37 Å². The number of rotatable bonds is 6. The molecule has 10 heteroatoms. The summed E-state index contributed by atoms with van der Waals surface area (Å²) in [6.07, 6.45) is 0.738. The van der Waals surface area contributed by atoms with Crippen LogP contribution in [0.15, 0.2) is 36.4 Å². The lowest BCUT2D eigenvalue weighted by molar-refractivity contribution is 0.0376. The molecule has 4 rings (SSSR count). The third-order valence-electron chi connectivity index (χ3n) is 4.95. The number of nitrogens with zero attached hydrogens (tertiary/aromatic N) is 3. The molecule has 1 saturated heterocycles. The van der Waals surface area contributed by atoms with E-state index in [2.05, 4.69) is 9.88 Å². The zero-order valence-corrected chi connectivity index (χ0v) is 19.7. The first-order valence-corrected chi connectivity index (χ1v) is 11.2. The predicted octanol–water partition coefficient (Wildman–Crippen LogP) is 5.53. The lowest BCUT2D eigenvalue weighted by atomic mass is 10.2. The summed E-state index contributed by atoms with van der Waals surface area (Å²) in [5.74, 6) is -0.708. The van der Waals surface area contributed by atoms with Crippen LogP contribution >= 0.6 is 46.9 Å². The van der Waals surface area contributed by atoms with Gasteiger partial charge in [-0.3, -0.25) is 14.6 Å². The first kappa shape index (κ1) is 24.2. The van der Waals surface area contributed by atoms with Crippen molar-refractivity contribution in [3.63, 3.8) is 0 Å². The van der Waals surface area contributed by atoms with Crippen molar-refractivity contribution in [3.05, 3.63) is 57.8 Å². The Morgan fingerprint density at radius 2 is 2.00 bits per heavy atom. The fraction of sp³-hybridized carbons (Fsp3) is 0.333. The second-order valence-corrected chi connectivity index (χ2v) is 8.82. The van der Waals surface area contributed by atoms with Crippen molar-refractivity contribution in [2.24, 2.45) is 0 Å². The number of hydrogen-bond donors (Lipinski definition) is 0. The summed E-state index contributed by atoms with van der Waals surface area (Å²) in [4.78, 5) is 21.7. The van der Waals surface area contributed by atoms with Gasteiger partial charge in [-0.2, -0.15) is 0 Å². The van der Waals surface area contributed by atoms with Gasteiger partial charge in [-0.1, -0.05) is 40.6 Å². The largest absolute Gasteiger partial charge is 0.379 e. The van der Waals surface area contributed by atoms with Crippen LogP contribution in [-0.2, 0) is 4.74 Å². The van der Waals surface area contributed by atoms with Gasteiger partial charge < -0.3 is 4.74 Å². The van der Waals surface area contributed by atoms with E-state index in [1.54, 1.807) is 35.2 Å². The van der Waals surface area contributed by atoms with Crippen LogP contribution in [0.25, 0.3) is 10.2 Å². The molecule has 2 aromatic carbocycles. The standard InChI is InChI=1S/C21H20Cl2FN3O2S.ClH/c22-14-5-6-16(23)15(13-14)20(28)27(8-2-7-26-9-11-29-12-10-26)21-25-19-17(24)3-1-4-18(19)30-21;/h1,3-6,13H,2,7-12H2;1H. The number of thiazole rings is 1. The van der Waals surface area contributed by atoms with E-state index >= 15 is 0 Å². The number of morpholine rings is 1. The molecule has 0 unspecified atom stereocenters. The van der Waals surface area contributed by atoms with Crippen LogP contribution < -0.4 is 4.90 Å². The van der Waals surface area contributed by atoms with E-state index in [9.17, 15) is 9.18 Å². The molecule has 0 saturated carbocycles. The molecule has 5 nitrogen and oxygen atoms in total. The number of carbonyl (C=O) groups is 1. The number of fused-ring (bicyclic) bond motifs is 1. The number of anilines is 1. The monoisotopic (exact) mass is 503 g/mol. The molecule has 1 aromatic heterocycles. The van der Waals surface area contributed by atoms with Gasteiger partial charge in [0.2, 0.25) is 0 Å². The Bertz CT molecular complexity index is 1060. The fourth-order valence-corrected chi connectivity index (χ4v) is 4.76. The van der Waals surface area contributed by atoms with Crippen molar-refractivity contribution in [1.29, 1.82) is 0 Å². The molecule has 1 amide bonds. The van der Waals surface area contributed by atoms with Gasteiger partial charge in [-0.15, -0.1) is 12.4 Å². The lowest BCUT2D eigenvalue weighted by Gasteiger charge is -2.27. The van der Waals surface area contributed by atoms with Gasteiger partial charge in [0, 0.05) is 31.2 Å². The number of para-hydroxylation sites is 1. The normalized spacial score (nSPS) is 14.4. The minimum absolute atomic E-state index is 0. The Morgan fingerprint density at radius 3 is 2.74 bits per heavy atom. The van der Waals surface area contributed by atoms with Crippen LogP contribution in [0.1, 0.15) is 16.8 Å². The number of ether oxygens (including phenoxy) is 1. The smallest absolute Gasteiger partial charge is 0.261 e. The van der Waals surface area contributed by atoms with E-state index in [-0.39, 0.29) is 23.8 Å². The molecule has 166 valence electrons. The molecule has 0 N–H and O–H groups in total. The number of aromatic nitrogens is 1. The second-order valence-electron chi connectivity index (χ2n) is 6.97. The molecular formula is C21H21Cl3FN3O2S. The zero-order chi connectivity index (χ0) is 21.1. The molecular weight excluding hydrogens is 484 g/mol. The molecule has 0 spiro atoms. The first-order chi connectivity index (χ1) is 14.5. The Labute approximate surface area is 200 Å². The van der Waals surface area contributed by atoms with Crippen molar-refractivity contribution < 1.29 is 13.9 Å². The highest BCUT2D eigenvalue weighted by Crippen LogP contribution is 2.32. The topological polar surface area (TPSA) is 45.7 Å². The quantitative estimate of drug-likeness (QED) is 0.443. The molecule has 1 aliphatic heterocycles. The van der Waals surface area contributed by atoms with Crippen LogP contribution in [0.3, 0.4) is 0 Å². The van der Waals surface area contributed by atoms with Crippen molar-refractivity contribution in [3.8, 4) is 0 Å². The van der Waals surface area contributed by atoms with Crippen molar-refractivity contribution in [1.82, 2.24) is 9.88 Å². The average Bonchev–Trinajstić information content (AvgIpc) is 3.18. The van der Waals surface area contributed by atoms with Crippen molar-refractivity contribution in [2.45, 2.75) is 6.42 Å². The van der Waals surface area contributed by atoms with Gasteiger partial charge in [0.05, 0.1) is 28.5 Å². The third kappa shape index (κ3) is 5.66. The first-order valence-electron chi connectivity index (χ1n) is 9.65. The summed E-state index contributed by atoms with van der Waals surface area (Å²) >= 11 is 13.7. The summed E-state index contributed by atoms with van der Waals surface area (Å²) in [7, 11) is 0. The maximum absolute atomic E-state index is 14.2. The van der Waals surface area contributed by atoms with Crippen LogP contribution in [0.4, 0.5) is 9.52 Å². The highest BCUT2D eigenvalue weighted by atomic mass is 35.5. The predicted molar refractivity (Wildman–Crippen MR) is 127 cm³/mol. The number of benzene rings is 2. The van der Waals surface area contributed by atoms with Gasteiger partial charge >= 0.3 is 0 Å². The number of halogens is 4. The molecule has 0 radical (unpaired) electrons. The fourth-order valence-electron chi connectivity index (χ4n) is 3.39. The third-order valence-corrected chi connectivity index (χ3v) is 6.56. The Kier molecular flexibility index (Phi) is 8.50. The Morgan fingerprint density at radius 1 is 1.23 bits per heavy atom. The second kappa shape index (κ2) is 10.9. The van der Waals surface area contributed by atoms with Crippen LogP contribution in [0.2, 0.25) is 10.0 Å². The number of amides is 1. The minimum atomic E-state index is -0.406. The molecule has 0 atom stereocenters. The van der Waals surface area contributed by atoms with E-state index in [0.717, 1.165) is 39.3 Å². The average molecular weight is 505 g/mol. The van der Waals surface area contributed by atoms with E-state index in [1.807, 2.05) is 0 Å². The lowest BCUT2D eigenvalue weighted by Crippen LogP contribution is -2.39. The Hall–Kier alpha value is -1.48. The van der Waals surface area contributed by atoms with E-state index in [0.29, 0.717) is 32.0 Å². The summed E-state index contributed by atoms with van der Waals surface area (Å²) in [5.41, 5.74) is 0.566. The van der Waals surface area contributed by atoms with Gasteiger partial charge in [0.15, 0.2) is 5.13 Å². The van der Waals surface area contributed by atoms with Crippen molar-refractivity contribution in [2.75, 3.05) is 44.3 Å². The molecule has 1 fully saturated rings. The van der Waals surface area contributed by atoms with Crippen LogP contribution in [0.5, 0.6) is 0 Å². The highest BCUT2D eigenvalue weighted by Gasteiger charge is 2.24. The molecule has 1 aliphatic rings. The van der Waals surface area contributed by atoms with Gasteiger partial charge in [0.1, 0.15) is 11.3 Å². The summed E-state index contributed by atoms with van der Waals surface area (Å²) in [6.45, 7) is 4.45. The Balaban J connectivity index is 0.00000272. The highest BCUT2D eigenvalue weighted by molar-refractivity contribution is 7.22. The molecule has 3 aromatic rings. The van der Waals surface area contributed by atoms with E-state index in [4.69, 9.17) is 27.9 Å². The molecule has 0 aliphatic carbocycles. The summed E-state index contributed by atoms with van der Waals surface area (Å²) in [6, 6.07) is 9.58. The maximum Gasteiger partial charge on any atom is 0.261 e. The molecule has 31 heavy (non-hydrogen) atoms.